The first-order valence-electron chi connectivity index (χ1n) is 8.32. The summed E-state index contributed by atoms with van der Waals surface area (Å²) in [6.07, 6.45) is 3.12. The zero-order valence-corrected chi connectivity index (χ0v) is 15.7. The van der Waals surface area contributed by atoms with Gasteiger partial charge in [0.25, 0.3) is 12.9 Å². The quantitative estimate of drug-likeness (QED) is 0.774. The Morgan fingerprint density at radius 2 is 1.58 bits per heavy atom. The molecule has 0 heterocycles. The molecule has 0 saturated heterocycles. The lowest BCUT2D eigenvalue weighted by Crippen LogP contribution is -2.15. The van der Waals surface area contributed by atoms with Crippen LogP contribution < -0.4 is 5.30 Å². The fourth-order valence-electron chi connectivity index (χ4n) is 3.03. The molecule has 3 nitrogen and oxygen atoms in total. The van der Waals surface area contributed by atoms with E-state index in [-0.39, 0.29) is 5.30 Å². The molecule has 0 aliphatic carbocycles. The molecule has 2 aromatic rings. The summed E-state index contributed by atoms with van der Waals surface area (Å²) in [7, 11) is -4.11. The van der Waals surface area contributed by atoms with Crippen LogP contribution in [0.25, 0.3) is 0 Å². The molecule has 2 aromatic carbocycles. The summed E-state index contributed by atoms with van der Waals surface area (Å²) < 4.78 is 12.8. The van der Waals surface area contributed by atoms with Gasteiger partial charge >= 0.3 is 0 Å². The summed E-state index contributed by atoms with van der Waals surface area (Å²) in [5.41, 5.74) is 3.32. The summed E-state index contributed by atoms with van der Waals surface area (Å²) >= 11 is 0. The lowest BCUT2D eigenvalue weighted by atomic mass is 10.0. The minimum Gasteiger partial charge on any atom is -0.336 e. The van der Waals surface area contributed by atoms with Gasteiger partial charge in [0, 0.05) is 10.9 Å². The number of aryl methyl sites for hydroxylation is 4. The van der Waals surface area contributed by atoms with Crippen molar-refractivity contribution in [3.05, 3.63) is 64.2 Å². The van der Waals surface area contributed by atoms with Crippen molar-refractivity contribution in [2.75, 3.05) is 0 Å². The number of benzene rings is 2. The van der Waals surface area contributed by atoms with E-state index in [2.05, 4.69) is 6.92 Å². The number of hydrogen-bond acceptors (Lipinski definition) is 2. The highest BCUT2D eigenvalue weighted by atomic mass is 31.2. The van der Waals surface area contributed by atoms with Crippen LogP contribution in [0, 0.1) is 20.8 Å². The second-order valence-corrected chi connectivity index (χ2v) is 8.50. The van der Waals surface area contributed by atoms with Crippen molar-refractivity contribution in [3.8, 4) is 0 Å². The maximum absolute atomic E-state index is 12.8. The molecular formula is C20H25O3P. The van der Waals surface area contributed by atoms with Gasteiger partial charge in [-0.05, 0) is 62.4 Å². The predicted octanol–water partition coefficient (Wildman–Crippen LogP) is 4.69. The largest absolute Gasteiger partial charge is 0.336 e. The normalized spacial score (nSPS) is 13.5. The van der Waals surface area contributed by atoms with E-state index in [1.54, 1.807) is 26.0 Å². The van der Waals surface area contributed by atoms with Crippen molar-refractivity contribution >= 4 is 18.2 Å². The number of carbonyl (C=O) groups excluding carboxylic acids is 1. The van der Waals surface area contributed by atoms with Crippen LogP contribution in [0.5, 0.6) is 0 Å². The Hall–Kier alpha value is -1.70. The minimum atomic E-state index is -4.11. The minimum absolute atomic E-state index is 0.201. The Morgan fingerprint density at radius 3 is 2.08 bits per heavy atom. The topological polar surface area (TPSA) is 54.4 Å². The lowest BCUT2D eigenvalue weighted by molar-refractivity contribution is 0.106. The van der Waals surface area contributed by atoms with Crippen molar-refractivity contribution in [2.45, 2.75) is 47.0 Å². The molecule has 2 rings (SSSR count). The van der Waals surface area contributed by atoms with Gasteiger partial charge in [-0.3, -0.25) is 9.36 Å². The summed E-state index contributed by atoms with van der Waals surface area (Å²) in [5, 5.41) is 0.201. The zero-order valence-electron chi connectivity index (χ0n) is 14.8. The standard InChI is InChI=1S/C20H25O3P/c1-5-6-7-17-8-10-18(11-9-17)24(22,23)20(21)19-15(3)12-14(2)13-16(19)4/h8-13H,5-7H2,1-4H3,(H,22,23). The average molecular weight is 344 g/mol. The Morgan fingerprint density at radius 1 is 1.04 bits per heavy atom. The van der Waals surface area contributed by atoms with E-state index in [1.165, 1.54) is 0 Å². The SMILES string of the molecule is CCCCc1ccc(P(=O)(O)C(=O)c2c(C)cc(C)cc2C)cc1. The molecule has 4 heteroatoms. The van der Waals surface area contributed by atoms with Crippen LogP contribution >= 0.6 is 7.37 Å². The Bertz CT molecular complexity index is 768. The van der Waals surface area contributed by atoms with Gasteiger partial charge in [-0.15, -0.1) is 0 Å². The summed E-state index contributed by atoms with van der Waals surface area (Å²) in [4.78, 5) is 23.3. The third-order valence-electron chi connectivity index (χ3n) is 4.27. The number of rotatable bonds is 6. The van der Waals surface area contributed by atoms with E-state index in [9.17, 15) is 14.3 Å². The van der Waals surface area contributed by atoms with Gasteiger partial charge in [0.15, 0.2) is 0 Å². The summed E-state index contributed by atoms with van der Waals surface area (Å²) in [6, 6.07) is 10.7. The molecule has 1 atom stereocenters. The van der Waals surface area contributed by atoms with E-state index in [0.29, 0.717) is 5.56 Å². The van der Waals surface area contributed by atoms with Gasteiger partial charge in [-0.1, -0.05) is 43.2 Å². The lowest BCUT2D eigenvalue weighted by Gasteiger charge is -2.15. The molecule has 0 spiro atoms. The highest BCUT2D eigenvalue weighted by Crippen LogP contribution is 2.44. The molecule has 0 bridgehead atoms. The molecule has 128 valence electrons. The summed E-state index contributed by atoms with van der Waals surface area (Å²) in [5.74, 6) is 0. The van der Waals surface area contributed by atoms with Crippen LogP contribution in [-0.2, 0) is 11.0 Å². The third-order valence-corrected chi connectivity index (χ3v) is 6.04. The fourth-order valence-corrected chi connectivity index (χ4v) is 4.48. The molecule has 1 N–H and O–H groups in total. The maximum Gasteiger partial charge on any atom is 0.298 e. The van der Waals surface area contributed by atoms with E-state index in [0.717, 1.165) is 41.5 Å². The molecule has 0 aromatic heterocycles. The second-order valence-electron chi connectivity index (χ2n) is 6.42. The molecule has 24 heavy (non-hydrogen) atoms. The molecular weight excluding hydrogens is 319 g/mol. The first-order chi connectivity index (χ1) is 11.3. The third kappa shape index (κ3) is 3.85. The van der Waals surface area contributed by atoms with Crippen LogP contribution in [0.15, 0.2) is 36.4 Å². The Kier molecular flexibility index (Phi) is 5.79. The highest BCUT2D eigenvalue weighted by molar-refractivity contribution is 7.82. The molecule has 0 saturated carbocycles. The van der Waals surface area contributed by atoms with E-state index in [1.807, 2.05) is 31.2 Å². The number of hydrogen-bond donors (Lipinski definition) is 1. The van der Waals surface area contributed by atoms with Crippen molar-refractivity contribution in [3.63, 3.8) is 0 Å². The van der Waals surface area contributed by atoms with Gasteiger partial charge in [0.1, 0.15) is 0 Å². The monoisotopic (exact) mass is 344 g/mol. The predicted molar refractivity (Wildman–Crippen MR) is 99.5 cm³/mol. The van der Waals surface area contributed by atoms with E-state index < -0.39 is 12.9 Å². The van der Waals surface area contributed by atoms with Gasteiger partial charge in [0.2, 0.25) is 0 Å². The first-order valence-corrected chi connectivity index (χ1v) is 9.98. The second kappa shape index (κ2) is 7.46. The van der Waals surface area contributed by atoms with E-state index in [4.69, 9.17) is 0 Å². The van der Waals surface area contributed by atoms with Crippen LogP contribution in [0.2, 0.25) is 0 Å². The number of unbranched alkanes of at least 4 members (excludes halogenated alkanes) is 1. The van der Waals surface area contributed by atoms with Crippen molar-refractivity contribution < 1.29 is 14.3 Å². The smallest absolute Gasteiger partial charge is 0.298 e. The zero-order chi connectivity index (χ0) is 17.9. The average Bonchev–Trinajstić information content (AvgIpc) is 2.52. The molecule has 1 unspecified atom stereocenters. The Balaban J connectivity index is 2.36. The van der Waals surface area contributed by atoms with Crippen LogP contribution in [-0.4, -0.2) is 10.4 Å². The van der Waals surface area contributed by atoms with Crippen molar-refractivity contribution in [1.82, 2.24) is 0 Å². The van der Waals surface area contributed by atoms with Crippen molar-refractivity contribution in [2.24, 2.45) is 0 Å². The first kappa shape index (κ1) is 18.6. The molecule has 0 aliphatic heterocycles. The van der Waals surface area contributed by atoms with Gasteiger partial charge < -0.3 is 4.89 Å². The molecule has 0 aliphatic rings. The number of carbonyl (C=O) groups is 1. The Labute approximate surface area is 144 Å². The van der Waals surface area contributed by atoms with Crippen LogP contribution in [0.1, 0.15) is 52.4 Å². The van der Waals surface area contributed by atoms with Gasteiger partial charge in [-0.2, -0.15) is 0 Å². The van der Waals surface area contributed by atoms with Crippen LogP contribution in [0.3, 0.4) is 0 Å². The molecule has 0 fully saturated rings. The fraction of sp³-hybridized carbons (Fsp3) is 0.350. The highest BCUT2D eigenvalue weighted by Gasteiger charge is 2.34. The summed E-state index contributed by atoms with van der Waals surface area (Å²) in [6.45, 7) is 7.69. The van der Waals surface area contributed by atoms with E-state index >= 15 is 0 Å². The maximum atomic E-state index is 12.8. The van der Waals surface area contributed by atoms with Crippen molar-refractivity contribution in [1.29, 1.82) is 0 Å². The van der Waals surface area contributed by atoms with Gasteiger partial charge in [-0.25, -0.2) is 0 Å². The van der Waals surface area contributed by atoms with Crippen LogP contribution in [0.4, 0.5) is 0 Å². The molecule has 0 amide bonds. The van der Waals surface area contributed by atoms with Gasteiger partial charge in [0.05, 0.1) is 0 Å². The molecule has 0 radical (unpaired) electrons.